The van der Waals surface area contributed by atoms with Crippen molar-refractivity contribution in [2.75, 3.05) is 18.8 Å². The average Bonchev–Trinajstić information content (AvgIpc) is 3.31. The van der Waals surface area contributed by atoms with Crippen LogP contribution in [-0.4, -0.2) is 39.2 Å². The van der Waals surface area contributed by atoms with Crippen molar-refractivity contribution in [1.29, 1.82) is 0 Å². The Labute approximate surface area is 182 Å². The van der Waals surface area contributed by atoms with Gasteiger partial charge in [0.15, 0.2) is 5.16 Å². The second-order valence-electron chi connectivity index (χ2n) is 9.25. The third kappa shape index (κ3) is 3.91. The minimum absolute atomic E-state index is 0.0467. The van der Waals surface area contributed by atoms with Crippen molar-refractivity contribution in [1.82, 2.24) is 14.5 Å². The maximum absolute atomic E-state index is 13.3. The van der Waals surface area contributed by atoms with Crippen molar-refractivity contribution in [2.45, 2.75) is 69.0 Å². The fraction of sp³-hybridized carbons (Fsp3) is 0.625. The second kappa shape index (κ2) is 8.74. The van der Waals surface area contributed by atoms with Crippen LogP contribution in [0.2, 0.25) is 0 Å². The summed E-state index contributed by atoms with van der Waals surface area (Å²) in [7, 11) is 0. The monoisotopic (exact) mass is 425 g/mol. The van der Waals surface area contributed by atoms with Gasteiger partial charge in [-0.2, -0.15) is 0 Å². The number of carbonyl (C=O) groups is 1. The standard InChI is InChI=1S/C24H31N3O2S/c28-22(26-14-13-17-7-1-2-8-18(17)15-26)16-30-24-25-21-12-6-5-11-20(21)23(29)27(24)19-9-3-4-10-19/h5-6,11-12,17-19H,1-4,7-10,13-16H2/t17-,18+/m0/s1. The van der Waals surface area contributed by atoms with E-state index < -0.39 is 0 Å². The molecule has 0 unspecified atom stereocenters. The van der Waals surface area contributed by atoms with Crippen LogP contribution in [0, 0.1) is 11.8 Å². The van der Waals surface area contributed by atoms with E-state index in [2.05, 4.69) is 4.90 Å². The number of hydrogen-bond acceptors (Lipinski definition) is 4. The molecule has 1 amide bonds. The number of benzene rings is 1. The molecular formula is C24H31N3O2S. The molecule has 1 aliphatic heterocycles. The van der Waals surface area contributed by atoms with Crippen molar-refractivity contribution in [3.8, 4) is 0 Å². The van der Waals surface area contributed by atoms with Gasteiger partial charge < -0.3 is 4.90 Å². The minimum Gasteiger partial charge on any atom is -0.342 e. The lowest BCUT2D eigenvalue weighted by Crippen LogP contribution is -2.45. The van der Waals surface area contributed by atoms with Crippen LogP contribution >= 0.6 is 11.8 Å². The van der Waals surface area contributed by atoms with E-state index in [0.717, 1.165) is 56.6 Å². The lowest BCUT2D eigenvalue weighted by atomic mass is 9.75. The molecule has 1 aromatic carbocycles. The van der Waals surface area contributed by atoms with E-state index in [9.17, 15) is 9.59 Å². The average molecular weight is 426 g/mol. The van der Waals surface area contributed by atoms with Crippen LogP contribution in [0.25, 0.3) is 10.9 Å². The van der Waals surface area contributed by atoms with E-state index in [0.29, 0.717) is 22.2 Å². The largest absolute Gasteiger partial charge is 0.342 e. The first-order chi connectivity index (χ1) is 14.7. The second-order valence-corrected chi connectivity index (χ2v) is 10.2. The summed E-state index contributed by atoms with van der Waals surface area (Å²) >= 11 is 1.45. The summed E-state index contributed by atoms with van der Waals surface area (Å²) in [5.74, 6) is 2.08. The van der Waals surface area contributed by atoms with Crippen LogP contribution in [0.1, 0.15) is 63.8 Å². The number of hydrogen-bond donors (Lipinski definition) is 0. The number of aromatic nitrogens is 2. The molecule has 2 heterocycles. The number of amides is 1. The number of carbonyl (C=O) groups excluding carboxylic acids is 1. The van der Waals surface area contributed by atoms with E-state index in [-0.39, 0.29) is 17.5 Å². The number of likely N-dealkylation sites (tertiary alicyclic amines) is 1. The molecule has 2 aliphatic carbocycles. The molecule has 0 bridgehead atoms. The topological polar surface area (TPSA) is 55.2 Å². The summed E-state index contributed by atoms with van der Waals surface area (Å²) in [5, 5.41) is 1.39. The van der Waals surface area contributed by atoms with Gasteiger partial charge in [-0.1, -0.05) is 56.0 Å². The van der Waals surface area contributed by atoms with E-state index in [1.54, 1.807) is 0 Å². The molecule has 1 aromatic heterocycles. The van der Waals surface area contributed by atoms with Crippen LogP contribution in [0.5, 0.6) is 0 Å². The molecule has 1 saturated heterocycles. The predicted octanol–water partition coefficient (Wildman–Crippen LogP) is 4.64. The minimum atomic E-state index is 0.0467. The third-order valence-electron chi connectivity index (χ3n) is 7.43. The van der Waals surface area contributed by atoms with Gasteiger partial charge in [-0.05, 0) is 49.7 Å². The van der Waals surface area contributed by atoms with Crippen LogP contribution in [0.15, 0.2) is 34.2 Å². The normalized spacial score (nSPS) is 24.9. The number of para-hydroxylation sites is 1. The Morgan fingerprint density at radius 3 is 2.57 bits per heavy atom. The first-order valence-electron chi connectivity index (χ1n) is 11.6. The summed E-state index contributed by atoms with van der Waals surface area (Å²) < 4.78 is 1.89. The molecule has 2 aromatic rings. The fourth-order valence-corrected chi connectivity index (χ4v) is 6.73. The maximum Gasteiger partial charge on any atom is 0.262 e. The zero-order chi connectivity index (χ0) is 20.5. The molecule has 3 aliphatic rings. The zero-order valence-electron chi connectivity index (χ0n) is 17.6. The molecule has 3 fully saturated rings. The highest BCUT2D eigenvalue weighted by atomic mass is 32.2. The summed E-state index contributed by atoms with van der Waals surface area (Å²) in [5.41, 5.74) is 0.778. The highest BCUT2D eigenvalue weighted by molar-refractivity contribution is 7.99. The maximum atomic E-state index is 13.3. The Hall–Kier alpha value is -1.82. The first-order valence-corrected chi connectivity index (χ1v) is 12.6. The molecule has 0 spiro atoms. The van der Waals surface area contributed by atoms with Gasteiger partial charge in [-0.25, -0.2) is 4.98 Å². The van der Waals surface area contributed by atoms with Crippen LogP contribution in [0.3, 0.4) is 0 Å². The van der Waals surface area contributed by atoms with Gasteiger partial charge in [-0.15, -0.1) is 0 Å². The van der Waals surface area contributed by atoms with E-state index in [1.807, 2.05) is 28.8 Å². The van der Waals surface area contributed by atoms with Crippen LogP contribution < -0.4 is 5.56 Å². The zero-order valence-corrected chi connectivity index (χ0v) is 18.4. The number of rotatable bonds is 4. The van der Waals surface area contributed by atoms with Gasteiger partial charge in [0.1, 0.15) is 0 Å². The Kier molecular flexibility index (Phi) is 5.85. The summed E-state index contributed by atoms with van der Waals surface area (Å²) in [6, 6.07) is 7.79. The Morgan fingerprint density at radius 2 is 1.73 bits per heavy atom. The highest BCUT2D eigenvalue weighted by Crippen LogP contribution is 2.36. The van der Waals surface area contributed by atoms with Gasteiger partial charge in [0.2, 0.25) is 5.91 Å². The molecule has 0 N–H and O–H groups in total. The number of piperidine rings is 1. The van der Waals surface area contributed by atoms with Crippen molar-refractivity contribution in [3.05, 3.63) is 34.6 Å². The number of nitrogens with zero attached hydrogens (tertiary/aromatic N) is 3. The molecule has 30 heavy (non-hydrogen) atoms. The summed E-state index contributed by atoms with van der Waals surface area (Å²) in [4.78, 5) is 33.2. The molecule has 6 heteroatoms. The molecular weight excluding hydrogens is 394 g/mol. The van der Waals surface area contributed by atoms with E-state index >= 15 is 0 Å². The summed E-state index contributed by atoms with van der Waals surface area (Å²) in [6.07, 6.45) is 10.8. The van der Waals surface area contributed by atoms with Crippen molar-refractivity contribution >= 4 is 28.6 Å². The number of fused-ring (bicyclic) bond motifs is 2. The Balaban J connectivity index is 1.35. The third-order valence-corrected chi connectivity index (χ3v) is 8.37. The Morgan fingerprint density at radius 1 is 1.00 bits per heavy atom. The van der Waals surface area contributed by atoms with E-state index in [1.165, 1.54) is 37.4 Å². The van der Waals surface area contributed by atoms with Crippen LogP contribution in [0.4, 0.5) is 0 Å². The predicted molar refractivity (Wildman–Crippen MR) is 121 cm³/mol. The van der Waals surface area contributed by atoms with Crippen LogP contribution in [-0.2, 0) is 4.79 Å². The van der Waals surface area contributed by atoms with Crippen molar-refractivity contribution in [2.24, 2.45) is 11.8 Å². The van der Waals surface area contributed by atoms with Gasteiger partial charge in [0.25, 0.3) is 5.56 Å². The van der Waals surface area contributed by atoms with Gasteiger partial charge in [0.05, 0.1) is 16.7 Å². The number of thioether (sulfide) groups is 1. The summed E-state index contributed by atoms with van der Waals surface area (Å²) in [6.45, 7) is 1.81. The molecule has 2 atom stereocenters. The fourth-order valence-electron chi connectivity index (χ4n) is 5.76. The Bertz CT molecular complexity index is 982. The quantitative estimate of drug-likeness (QED) is 0.529. The van der Waals surface area contributed by atoms with Gasteiger partial charge >= 0.3 is 0 Å². The van der Waals surface area contributed by atoms with E-state index in [4.69, 9.17) is 4.98 Å². The molecule has 2 saturated carbocycles. The molecule has 0 radical (unpaired) electrons. The van der Waals surface area contributed by atoms with Crippen molar-refractivity contribution < 1.29 is 4.79 Å². The highest BCUT2D eigenvalue weighted by Gasteiger charge is 2.33. The van der Waals surface area contributed by atoms with Gasteiger partial charge in [0, 0.05) is 19.1 Å². The lowest BCUT2D eigenvalue weighted by molar-refractivity contribution is -0.131. The first kappa shape index (κ1) is 20.1. The smallest absolute Gasteiger partial charge is 0.262 e. The lowest BCUT2D eigenvalue weighted by Gasteiger charge is -2.41. The van der Waals surface area contributed by atoms with Crippen molar-refractivity contribution in [3.63, 3.8) is 0 Å². The SMILES string of the molecule is O=C(CSc1nc2ccccc2c(=O)n1C1CCCC1)N1CC[C@@H]2CCCC[C@@H]2C1. The molecule has 5 nitrogen and oxygen atoms in total. The molecule has 5 rings (SSSR count). The van der Waals surface area contributed by atoms with Gasteiger partial charge in [-0.3, -0.25) is 14.2 Å². The molecule has 160 valence electrons.